The minimum Gasteiger partial charge on any atom is -0.493 e. The van der Waals surface area contributed by atoms with Crippen molar-refractivity contribution in [1.29, 1.82) is 0 Å². The Morgan fingerprint density at radius 2 is 2.00 bits per heavy atom. The average molecular weight is 371 g/mol. The quantitative estimate of drug-likeness (QED) is 0.862. The van der Waals surface area contributed by atoms with Gasteiger partial charge in [-0.25, -0.2) is 0 Å². The Morgan fingerprint density at radius 1 is 1.28 bits per heavy atom. The Kier molecular flexibility index (Phi) is 7.20. The number of carbonyl (C=O) groups is 1. The molecule has 140 valence electrons. The third-order valence-corrected chi connectivity index (χ3v) is 4.78. The largest absolute Gasteiger partial charge is 0.493 e. The Bertz CT molecular complexity index is 571. The summed E-state index contributed by atoms with van der Waals surface area (Å²) in [4.78, 5) is 14.8. The van der Waals surface area contributed by atoms with Crippen LogP contribution < -0.4 is 19.5 Å². The van der Waals surface area contributed by atoms with Gasteiger partial charge in [0.05, 0.1) is 7.11 Å². The molecular weight excluding hydrogens is 344 g/mol. The number of fused-ring (bicyclic) bond motifs is 1. The second kappa shape index (κ2) is 9.15. The third kappa shape index (κ3) is 4.50. The van der Waals surface area contributed by atoms with Gasteiger partial charge in [-0.3, -0.25) is 4.79 Å². The summed E-state index contributed by atoms with van der Waals surface area (Å²) >= 11 is 0. The van der Waals surface area contributed by atoms with E-state index in [0.717, 1.165) is 32.5 Å². The number of likely N-dealkylation sites (tertiary alicyclic amines) is 1. The molecular formula is C18H27ClN2O4. The Labute approximate surface area is 155 Å². The average Bonchev–Trinajstić information content (AvgIpc) is 2.65. The summed E-state index contributed by atoms with van der Waals surface area (Å²) in [5.74, 6) is 2.48. The maximum absolute atomic E-state index is 12.8. The van der Waals surface area contributed by atoms with Gasteiger partial charge in [0, 0.05) is 18.7 Å². The number of nitrogens with one attached hydrogen (secondary N) is 1. The summed E-state index contributed by atoms with van der Waals surface area (Å²) in [5, 5.41) is 3.20. The Hall–Kier alpha value is -1.66. The molecule has 0 radical (unpaired) electrons. The topological polar surface area (TPSA) is 60.0 Å². The number of rotatable bonds is 5. The van der Waals surface area contributed by atoms with Crippen molar-refractivity contribution in [3.8, 4) is 17.2 Å². The van der Waals surface area contributed by atoms with Crippen molar-refractivity contribution in [3.05, 3.63) is 17.7 Å². The molecule has 6 nitrogen and oxygen atoms in total. The van der Waals surface area contributed by atoms with Crippen LogP contribution in [0.2, 0.25) is 0 Å². The lowest BCUT2D eigenvalue weighted by Crippen LogP contribution is -2.39. The third-order valence-electron chi connectivity index (χ3n) is 4.78. The Morgan fingerprint density at radius 3 is 2.68 bits per heavy atom. The van der Waals surface area contributed by atoms with E-state index in [1.54, 1.807) is 19.2 Å². The van der Waals surface area contributed by atoms with E-state index < -0.39 is 0 Å². The van der Waals surface area contributed by atoms with E-state index >= 15 is 0 Å². The number of nitrogens with zero attached hydrogens (tertiary/aromatic N) is 1. The summed E-state index contributed by atoms with van der Waals surface area (Å²) in [6, 6.07) is 3.52. The predicted octanol–water partition coefficient (Wildman–Crippen LogP) is 2.35. The van der Waals surface area contributed by atoms with E-state index in [0.29, 0.717) is 41.9 Å². The lowest BCUT2D eigenvalue weighted by atomic mass is 9.93. The van der Waals surface area contributed by atoms with Crippen LogP contribution in [0.3, 0.4) is 0 Å². The molecule has 0 aliphatic carbocycles. The van der Waals surface area contributed by atoms with Crippen LogP contribution in [0.15, 0.2) is 12.1 Å². The molecule has 1 fully saturated rings. The number of amides is 1. The molecule has 1 N–H and O–H groups in total. The van der Waals surface area contributed by atoms with Gasteiger partial charge in [0.15, 0.2) is 11.5 Å². The zero-order chi connectivity index (χ0) is 16.9. The summed E-state index contributed by atoms with van der Waals surface area (Å²) in [5.41, 5.74) is 0.602. The van der Waals surface area contributed by atoms with Gasteiger partial charge in [0.25, 0.3) is 5.91 Å². The number of hydrogen-bond acceptors (Lipinski definition) is 5. The minimum atomic E-state index is 0. The molecule has 1 aromatic rings. The van der Waals surface area contributed by atoms with Crippen LogP contribution in [0, 0.1) is 5.92 Å². The fraction of sp³-hybridized carbons (Fsp3) is 0.611. The SMILES string of the molecule is CNCCC1CCN(C(=O)c2cc(OC)c3c(c2)OCCO3)CC1.Cl. The highest BCUT2D eigenvalue weighted by Crippen LogP contribution is 2.40. The van der Waals surface area contributed by atoms with E-state index in [2.05, 4.69) is 5.32 Å². The maximum atomic E-state index is 12.8. The van der Waals surface area contributed by atoms with Gasteiger partial charge in [-0.15, -0.1) is 12.4 Å². The van der Waals surface area contributed by atoms with Gasteiger partial charge in [-0.2, -0.15) is 0 Å². The summed E-state index contributed by atoms with van der Waals surface area (Å²) in [6.45, 7) is 3.65. The zero-order valence-corrected chi connectivity index (χ0v) is 15.7. The van der Waals surface area contributed by atoms with Crippen molar-refractivity contribution in [2.24, 2.45) is 5.92 Å². The molecule has 1 amide bonds. The van der Waals surface area contributed by atoms with Gasteiger partial charge in [0.2, 0.25) is 5.75 Å². The molecule has 7 heteroatoms. The number of hydrogen-bond donors (Lipinski definition) is 1. The van der Waals surface area contributed by atoms with Crippen molar-refractivity contribution in [2.75, 3.05) is 47.0 Å². The molecule has 0 unspecified atom stereocenters. The van der Waals surface area contributed by atoms with Crippen LogP contribution in [-0.2, 0) is 0 Å². The molecule has 0 atom stereocenters. The van der Waals surface area contributed by atoms with Gasteiger partial charge in [-0.1, -0.05) is 0 Å². The van der Waals surface area contributed by atoms with Crippen molar-refractivity contribution >= 4 is 18.3 Å². The van der Waals surface area contributed by atoms with Crippen LogP contribution in [0.25, 0.3) is 0 Å². The van der Waals surface area contributed by atoms with Gasteiger partial charge in [0.1, 0.15) is 13.2 Å². The van der Waals surface area contributed by atoms with E-state index in [4.69, 9.17) is 14.2 Å². The number of benzene rings is 1. The van der Waals surface area contributed by atoms with Crippen molar-refractivity contribution in [1.82, 2.24) is 10.2 Å². The molecule has 0 aromatic heterocycles. The molecule has 0 saturated carbocycles. The number of ether oxygens (including phenoxy) is 3. The van der Waals surface area contributed by atoms with Crippen molar-refractivity contribution < 1.29 is 19.0 Å². The van der Waals surface area contributed by atoms with Crippen molar-refractivity contribution in [3.63, 3.8) is 0 Å². The first-order chi connectivity index (χ1) is 11.7. The first-order valence-corrected chi connectivity index (χ1v) is 8.64. The monoisotopic (exact) mass is 370 g/mol. The normalized spacial score (nSPS) is 17.0. The first kappa shape index (κ1) is 19.7. The van der Waals surface area contributed by atoms with Gasteiger partial charge in [-0.05, 0) is 50.9 Å². The van der Waals surface area contributed by atoms with Crippen LogP contribution >= 0.6 is 12.4 Å². The van der Waals surface area contributed by atoms with Crippen LogP contribution in [-0.4, -0.2) is 57.8 Å². The van der Waals surface area contributed by atoms with E-state index in [1.165, 1.54) is 6.42 Å². The lowest BCUT2D eigenvalue weighted by Gasteiger charge is -2.32. The maximum Gasteiger partial charge on any atom is 0.254 e. The number of halogens is 1. The number of piperidine rings is 1. The van der Waals surface area contributed by atoms with Gasteiger partial charge < -0.3 is 24.4 Å². The number of carbonyl (C=O) groups excluding carboxylic acids is 1. The molecule has 1 aromatic carbocycles. The highest BCUT2D eigenvalue weighted by atomic mass is 35.5. The first-order valence-electron chi connectivity index (χ1n) is 8.64. The standard InChI is InChI=1S/C18H26N2O4.ClH/c1-19-6-3-13-4-7-20(8-5-13)18(21)14-11-15(22-2)17-16(12-14)23-9-10-24-17;/h11-13,19H,3-10H2,1-2H3;1H. The van der Waals surface area contributed by atoms with E-state index in [-0.39, 0.29) is 18.3 Å². The highest BCUT2D eigenvalue weighted by molar-refractivity contribution is 5.95. The van der Waals surface area contributed by atoms with Crippen molar-refractivity contribution in [2.45, 2.75) is 19.3 Å². The molecule has 25 heavy (non-hydrogen) atoms. The summed E-state index contributed by atoms with van der Waals surface area (Å²) in [6.07, 6.45) is 3.31. The number of methoxy groups -OCH3 is 1. The molecule has 2 heterocycles. The van der Waals surface area contributed by atoms with E-state index in [9.17, 15) is 4.79 Å². The van der Waals surface area contributed by atoms with Crippen LogP contribution in [0.1, 0.15) is 29.6 Å². The van der Waals surface area contributed by atoms with E-state index in [1.807, 2.05) is 11.9 Å². The summed E-state index contributed by atoms with van der Waals surface area (Å²) < 4.78 is 16.6. The molecule has 2 aliphatic heterocycles. The minimum absolute atomic E-state index is 0. The van der Waals surface area contributed by atoms with Gasteiger partial charge >= 0.3 is 0 Å². The Balaban J connectivity index is 0.00000225. The fourth-order valence-electron chi connectivity index (χ4n) is 3.35. The van der Waals surface area contributed by atoms with Crippen LogP contribution in [0.5, 0.6) is 17.2 Å². The molecule has 1 saturated heterocycles. The fourth-order valence-corrected chi connectivity index (χ4v) is 3.35. The summed E-state index contributed by atoms with van der Waals surface area (Å²) in [7, 11) is 3.56. The zero-order valence-electron chi connectivity index (χ0n) is 14.9. The molecule has 3 rings (SSSR count). The molecule has 0 spiro atoms. The molecule has 0 bridgehead atoms. The predicted molar refractivity (Wildman–Crippen MR) is 98.4 cm³/mol. The molecule has 2 aliphatic rings. The highest BCUT2D eigenvalue weighted by Gasteiger charge is 2.26. The van der Waals surface area contributed by atoms with Crippen LogP contribution in [0.4, 0.5) is 0 Å². The lowest BCUT2D eigenvalue weighted by molar-refractivity contribution is 0.0685. The second-order valence-electron chi connectivity index (χ2n) is 6.33. The smallest absolute Gasteiger partial charge is 0.254 e. The second-order valence-corrected chi connectivity index (χ2v) is 6.33.